The largest absolute Gasteiger partial charge is 0.452 e. The molecule has 0 spiro atoms. The fourth-order valence-electron chi connectivity index (χ4n) is 5.65. The van der Waals surface area contributed by atoms with Crippen LogP contribution < -0.4 is 5.32 Å². The van der Waals surface area contributed by atoms with E-state index < -0.39 is 18.5 Å². The average Bonchev–Trinajstić information content (AvgIpc) is 3.46. The first-order chi connectivity index (χ1) is 20.3. The Morgan fingerprint density at radius 3 is 2.36 bits per heavy atom. The molecule has 5 aromatic rings. The molecule has 3 aromatic carbocycles. The highest BCUT2D eigenvalue weighted by atomic mass is 32.1. The van der Waals surface area contributed by atoms with Crippen molar-refractivity contribution in [1.29, 1.82) is 0 Å². The number of nitrogens with zero attached hydrogens (tertiary/aromatic N) is 2. The second kappa shape index (κ2) is 11.5. The maximum atomic E-state index is 13.5. The summed E-state index contributed by atoms with van der Waals surface area (Å²) in [5.41, 5.74) is 7.34. The van der Waals surface area contributed by atoms with E-state index in [9.17, 15) is 9.59 Å². The van der Waals surface area contributed by atoms with Gasteiger partial charge in [-0.3, -0.25) is 15.1 Å². The molecule has 212 valence electrons. The average molecular weight is 576 g/mol. The van der Waals surface area contributed by atoms with Gasteiger partial charge in [0.2, 0.25) is 0 Å². The molecule has 42 heavy (non-hydrogen) atoms. The Hall–Kier alpha value is -4.36. The Balaban J connectivity index is 1.14. The predicted octanol–water partition coefficient (Wildman–Crippen LogP) is 7.97. The SMILES string of the molecule is CC(C)(C)C1CCc2nc3ccccc3c(C(=O)OCC(=O)Nc3nc(-c4ccc(-c5ccccc5)cc4)cs3)c2C1. The van der Waals surface area contributed by atoms with E-state index in [4.69, 9.17) is 9.72 Å². The summed E-state index contributed by atoms with van der Waals surface area (Å²) in [5, 5.41) is 5.90. The molecule has 0 saturated heterocycles. The predicted molar refractivity (Wildman–Crippen MR) is 169 cm³/mol. The highest BCUT2D eigenvalue weighted by Crippen LogP contribution is 2.39. The van der Waals surface area contributed by atoms with Crippen molar-refractivity contribution in [2.75, 3.05) is 11.9 Å². The van der Waals surface area contributed by atoms with Crippen LogP contribution in [0.5, 0.6) is 0 Å². The number of amides is 1. The van der Waals surface area contributed by atoms with Gasteiger partial charge in [-0.2, -0.15) is 0 Å². The summed E-state index contributed by atoms with van der Waals surface area (Å²) in [5.74, 6) is -0.493. The summed E-state index contributed by atoms with van der Waals surface area (Å²) in [6.07, 6.45) is 2.62. The molecule has 0 saturated carbocycles. The van der Waals surface area contributed by atoms with Gasteiger partial charge in [0.1, 0.15) is 0 Å². The lowest BCUT2D eigenvalue weighted by Gasteiger charge is -2.35. The number of aryl methyl sites for hydroxylation is 1. The van der Waals surface area contributed by atoms with Gasteiger partial charge in [-0.15, -0.1) is 11.3 Å². The van der Waals surface area contributed by atoms with E-state index in [1.165, 1.54) is 11.3 Å². The van der Waals surface area contributed by atoms with E-state index >= 15 is 0 Å². The molecule has 0 aliphatic heterocycles. The normalized spacial score (nSPS) is 14.8. The molecule has 7 heteroatoms. The lowest BCUT2D eigenvalue weighted by Crippen LogP contribution is -2.29. The number of esters is 1. The van der Waals surface area contributed by atoms with Gasteiger partial charge in [-0.1, -0.05) is 93.6 Å². The standard InChI is InChI=1S/C35H33N3O3S/c1-35(2,3)25-17-18-29-27(19-25)32(26-11-7-8-12-28(26)36-29)33(40)41-20-31(39)38-34-37-30(21-42-34)24-15-13-23(14-16-24)22-9-5-4-6-10-22/h4-16,21,25H,17-20H2,1-3H3,(H,37,38,39). The van der Waals surface area contributed by atoms with Crippen molar-refractivity contribution in [3.8, 4) is 22.4 Å². The van der Waals surface area contributed by atoms with Crippen molar-refractivity contribution in [1.82, 2.24) is 9.97 Å². The summed E-state index contributed by atoms with van der Waals surface area (Å²) in [4.78, 5) is 35.8. The molecule has 0 fully saturated rings. The molecule has 6 nitrogen and oxygen atoms in total. The molecule has 0 bridgehead atoms. The van der Waals surface area contributed by atoms with Crippen molar-refractivity contribution in [2.24, 2.45) is 11.3 Å². The molecule has 1 amide bonds. The van der Waals surface area contributed by atoms with Gasteiger partial charge in [0.15, 0.2) is 11.7 Å². The molecule has 1 atom stereocenters. The number of aromatic nitrogens is 2. The number of benzene rings is 3. The van der Waals surface area contributed by atoms with Crippen LogP contribution in [0.25, 0.3) is 33.3 Å². The fourth-order valence-corrected chi connectivity index (χ4v) is 6.38. The van der Waals surface area contributed by atoms with Crippen LogP contribution in [0.1, 0.15) is 48.8 Å². The second-order valence-electron chi connectivity index (χ2n) is 11.8. The summed E-state index contributed by atoms with van der Waals surface area (Å²) in [6.45, 7) is 6.32. The van der Waals surface area contributed by atoms with E-state index in [1.54, 1.807) is 0 Å². The smallest absolute Gasteiger partial charge is 0.339 e. The van der Waals surface area contributed by atoms with E-state index in [0.29, 0.717) is 16.6 Å². The van der Waals surface area contributed by atoms with Gasteiger partial charge in [0, 0.05) is 22.0 Å². The molecule has 1 aliphatic rings. The maximum Gasteiger partial charge on any atom is 0.339 e. The molecule has 1 unspecified atom stereocenters. The summed E-state index contributed by atoms with van der Waals surface area (Å²) in [6, 6.07) is 26.0. The van der Waals surface area contributed by atoms with Gasteiger partial charge in [0.05, 0.1) is 16.8 Å². The summed E-state index contributed by atoms with van der Waals surface area (Å²) in [7, 11) is 0. The zero-order chi connectivity index (χ0) is 29.3. The van der Waals surface area contributed by atoms with Crippen LogP contribution in [0.2, 0.25) is 0 Å². The number of hydrogen-bond donors (Lipinski definition) is 1. The van der Waals surface area contributed by atoms with Crippen molar-refractivity contribution < 1.29 is 14.3 Å². The topological polar surface area (TPSA) is 81.2 Å². The minimum absolute atomic E-state index is 0.112. The molecule has 0 radical (unpaired) electrons. The summed E-state index contributed by atoms with van der Waals surface area (Å²) >= 11 is 1.34. The third-order valence-electron chi connectivity index (χ3n) is 8.06. The molecule has 1 N–H and O–H groups in total. The first kappa shape index (κ1) is 27.8. The third kappa shape index (κ3) is 5.83. The van der Waals surface area contributed by atoms with Crippen LogP contribution >= 0.6 is 11.3 Å². The number of pyridine rings is 1. The van der Waals surface area contributed by atoms with Gasteiger partial charge in [0.25, 0.3) is 5.91 Å². The minimum Gasteiger partial charge on any atom is -0.452 e. The lowest BCUT2D eigenvalue weighted by atomic mass is 9.70. The number of ether oxygens (including phenoxy) is 1. The Morgan fingerprint density at radius 1 is 0.905 bits per heavy atom. The lowest BCUT2D eigenvalue weighted by molar-refractivity contribution is -0.119. The number of anilines is 1. The molecule has 2 aromatic heterocycles. The number of thiazole rings is 1. The Morgan fingerprint density at radius 2 is 1.60 bits per heavy atom. The Labute approximate surface area is 249 Å². The zero-order valence-electron chi connectivity index (χ0n) is 24.0. The van der Waals surface area contributed by atoms with Crippen molar-refractivity contribution in [3.63, 3.8) is 0 Å². The van der Waals surface area contributed by atoms with Crippen molar-refractivity contribution in [3.05, 3.63) is 101 Å². The zero-order valence-corrected chi connectivity index (χ0v) is 24.8. The minimum atomic E-state index is -0.493. The third-order valence-corrected chi connectivity index (χ3v) is 8.82. The maximum absolute atomic E-state index is 13.5. The van der Waals surface area contributed by atoms with E-state index in [1.807, 2.05) is 60.0 Å². The quantitative estimate of drug-likeness (QED) is 0.208. The van der Waals surface area contributed by atoms with Crippen LogP contribution in [0.15, 0.2) is 84.2 Å². The number of hydrogen-bond acceptors (Lipinski definition) is 6. The van der Waals surface area contributed by atoms with Crippen molar-refractivity contribution >= 4 is 39.2 Å². The number of nitrogens with one attached hydrogen (secondary N) is 1. The van der Waals surface area contributed by atoms with Gasteiger partial charge in [-0.25, -0.2) is 9.78 Å². The fraction of sp³-hybridized carbons (Fsp3) is 0.257. The number of rotatable bonds is 6. The van der Waals surface area contributed by atoms with Gasteiger partial charge < -0.3 is 4.74 Å². The molecular weight excluding hydrogens is 542 g/mol. The van der Waals surface area contributed by atoms with E-state index in [0.717, 1.165) is 63.8 Å². The van der Waals surface area contributed by atoms with Crippen LogP contribution in [0.3, 0.4) is 0 Å². The molecule has 6 rings (SSSR count). The summed E-state index contributed by atoms with van der Waals surface area (Å²) < 4.78 is 5.60. The first-order valence-electron chi connectivity index (χ1n) is 14.2. The van der Waals surface area contributed by atoms with E-state index in [-0.39, 0.29) is 5.41 Å². The van der Waals surface area contributed by atoms with Gasteiger partial charge >= 0.3 is 5.97 Å². The van der Waals surface area contributed by atoms with Crippen LogP contribution in [-0.2, 0) is 22.4 Å². The molecular formula is C35H33N3O3S. The highest BCUT2D eigenvalue weighted by molar-refractivity contribution is 7.14. The number of para-hydroxylation sites is 1. The van der Waals surface area contributed by atoms with E-state index in [2.05, 4.69) is 55.3 Å². The Kier molecular flexibility index (Phi) is 7.60. The van der Waals surface area contributed by atoms with Crippen LogP contribution in [-0.4, -0.2) is 28.5 Å². The van der Waals surface area contributed by atoms with Gasteiger partial charge in [-0.05, 0) is 53.4 Å². The number of fused-ring (bicyclic) bond motifs is 2. The number of carbonyl (C=O) groups excluding carboxylic acids is 2. The van der Waals surface area contributed by atoms with Crippen molar-refractivity contribution in [2.45, 2.75) is 40.0 Å². The first-order valence-corrected chi connectivity index (χ1v) is 15.1. The molecule has 1 aliphatic carbocycles. The Bertz CT molecular complexity index is 1750. The number of carbonyl (C=O) groups is 2. The molecule has 2 heterocycles. The van der Waals surface area contributed by atoms with Crippen LogP contribution in [0, 0.1) is 11.3 Å². The second-order valence-corrected chi connectivity index (χ2v) is 12.7. The monoisotopic (exact) mass is 575 g/mol. The van der Waals surface area contributed by atoms with Crippen LogP contribution in [0.4, 0.5) is 5.13 Å². The highest BCUT2D eigenvalue weighted by Gasteiger charge is 2.33.